The summed E-state index contributed by atoms with van der Waals surface area (Å²) in [6.07, 6.45) is 2.82. The van der Waals surface area contributed by atoms with Crippen LogP contribution in [0.25, 0.3) is 11.3 Å². The maximum absolute atomic E-state index is 4.69. The summed E-state index contributed by atoms with van der Waals surface area (Å²) in [6.45, 7) is 2.12. The van der Waals surface area contributed by atoms with E-state index < -0.39 is 0 Å². The minimum absolute atomic E-state index is 0.622. The number of para-hydroxylation sites is 1. The van der Waals surface area contributed by atoms with Crippen molar-refractivity contribution in [2.45, 2.75) is 13.3 Å². The van der Waals surface area contributed by atoms with Crippen molar-refractivity contribution in [2.24, 2.45) is 0 Å². The molecule has 1 aromatic heterocycles. The van der Waals surface area contributed by atoms with E-state index in [1.54, 1.807) is 0 Å². The zero-order chi connectivity index (χ0) is 14.5. The molecule has 2 aromatic carbocycles. The molecule has 21 heavy (non-hydrogen) atoms. The molecule has 0 atom stereocenters. The van der Waals surface area contributed by atoms with Gasteiger partial charge in [-0.15, -0.1) is 0 Å². The Morgan fingerprint density at radius 2 is 1.57 bits per heavy atom. The number of hydrogen-bond acceptors (Lipinski definition) is 3. The molecule has 104 valence electrons. The molecule has 0 fully saturated rings. The van der Waals surface area contributed by atoms with Gasteiger partial charge in [-0.3, -0.25) is 0 Å². The lowest BCUT2D eigenvalue weighted by Gasteiger charge is -2.10. The molecule has 0 saturated carbocycles. The minimum Gasteiger partial charge on any atom is -0.324 e. The number of benzene rings is 2. The highest BCUT2D eigenvalue weighted by molar-refractivity contribution is 5.65. The fraction of sp³-hybridized carbons (Fsp3) is 0.111. The summed E-state index contributed by atoms with van der Waals surface area (Å²) in [7, 11) is 0. The monoisotopic (exact) mass is 275 g/mol. The highest BCUT2D eigenvalue weighted by Crippen LogP contribution is 2.23. The smallest absolute Gasteiger partial charge is 0.227 e. The zero-order valence-corrected chi connectivity index (χ0v) is 12.0. The second kappa shape index (κ2) is 6.18. The van der Waals surface area contributed by atoms with E-state index in [0.717, 1.165) is 28.9 Å². The second-order valence-electron chi connectivity index (χ2n) is 4.78. The van der Waals surface area contributed by atoms with E-state index in [1.165, 1.54) is 0 Å². The molecule has 0 aliphatic carbocycles. The van der Waals surface area contributed by atoms with Crippen LogP contribution >= 0.6 is 0 Å². The van der Waals surface area contributed by atoms with Gasteiger partial charge in [0.2, 0.25) is 5.95 Å². The van der Waals surface area contributed by atoms with Gasteiger partial charge in [0.1, 0.15) is 0 Å². The van der Waals surface area contributed by atoms with E-state index >= 15 is 0 Å². The molecule has 0 radical (unpaired) electrons. The molecular formula is C18H17N3. The standard InChI is InChI=1S/C18H17N3/c1-2-14-13-19-18(20-16-11-7-4-8-12-16)21-17(14)15-9-5-3-6-10-15/h3-13H,2H2,1H3,(H,19,20,21). The van der Waals surface area contributed by atoms with Crippen LogP contribution in [0.5, 0.6) is 0 Å². The molecule has 0 aliphatic rings. The van der Waals surface area contributed by atoms with Gasteiger partial charge in [0.15, 0.2) is 0 Å². The molecule has 0 unspecified atom stereocenters. The van der Waals surface area contributed by atoms with Gasteiger partial charge >= 0.3 is 0 Å². The van der Waals surface area contributed by atoms with Crippen LogP contribution in [0.15, 0.2) is 66.9 Å². The molecule has 0 spiro atoms. The molecule has 3 rings (SSSR count). The lowest BCUT2D eigenvalue weighted by Crippen LogP contribution is -2.01. The van der Waals surface area contributed by atoms with E-state index in [0.29, 0.717) is 5.95 Å². The first-order valence-corrected chi connectivity index (χ1v) is 7.10. The first-order chi connectivity index (χ1) is 10.4. The van der Waals surface area contributed by atoms with Crippen LogP contribution in [0, 0.1) is 0 Å². The van der Waals surface area contributed by atoms with E-state index in [1.807, 2.05) is 54.7 Å². The van der Waals surface area contributed by atoms with Gasteiger partial charge in [0, 0.05) is 17.4 Å². The van der Waals surface area contributed by atoms with E-state index in [2.05, 4.69) is 34.3 Å². The Morgan fingerprint density at radius 1 is 0.905 bits per heavy atom. The molecule has 0 bridgehead atoms. The van der Waals surface area contributed by atoms with E-state index in [4.69, 9.17) is 0 Å². The van der Waals surface area contributed by atoms with Gasteiger partial charge < -0.3 is 5.32 Å². The summed E-state index contributed by atoms with van der Waals surface area (Å²) in [5.74, 6) is 0.622. The van der Waals surface area contributed by atoms with Crippen molar-refractivity contribution in [2.75, 3.05) is 5.32 Å². The highest BCUT2D eigenvalue weighted by atomic mass is 15.1. The number of hydrogen-bond donors (Lipinski definition) is 1. The summed E-state index contributed by atoms with van der Waals surface area (Å²) in [4.78, 5) is 9.10. The fourth-order valence-corrected chi connectivity index (χ4v) is 2.22. The highest BCUT2D eigenvalue weighted by Gasteiger charge is 2.08. The molecule has 0 amide bonds. The first kappa shape index (κ1) is 13.3. The Labute approximate surface area is 124 Å². The molecule has 3 heteroatoms. The van der Waals surface area contributed by atoms with Crippen molar-refractivity contribution in [3.8, 4) is 11.3 Å². The molecule has 3 nitrogen and oxygen atoms in total. The SMILES string of the molecule is CCc1cnc(Nc2ccccc2)nc1-c1ccccc1. The number of aryl methyl sites for hydroxylation is 1. The Kier molecular flexibility index (Phi) is 3.92. The summed E-state index contributed by atoms with van der Waals surface area (Å²) in [6, 6.07) is 20.2. The molecule has 0 saturated heterocycles. The zero-order valence-electron chi connectivity index (χ0n) is 12.0. The number of anilines is 2. The number of rotatable bonds is 4. The van der Waals surface area contributed by atoms with Gasteiger partial charge in [-0.05, 0) is 24.1 Å². The van der Waals surface area contributed by atoms with Crippen LogP contribution in [-0.4, -0.2) is 9.97 Å². The second-order valence-corrected chi connectivity index (χ2v) is 4.78. The summed E-state index contributed by atoms with van der Waals surface area (Å²) < 4.78 is 0. The predicted octanol–water partition coefficient (Wildman–Crippen LogP) is 4.45. The lowest BCUT2D eigenvalue weighted by atomic mass is 10.1. The Bertz CT molecular complexity index is 709. The van der Waals surface area contributed by atoms with Crippen LogP contribution in [0.4, 0.5) is 11.6 Å². The largest absolute Gasteiger partial charge is 0.324 e. The Hall–Kier alpha value is -2.68. The van der Waals surface area contributed by atoms with Gasteiger partial charge in [-0.25, -0.2) is 9.97 Å². The van der Waals surface area contributed by atoms with Crippen molar-refractivity contribution in [3.05, 3.63) is 72.4 Å². The summed E-state index contributed by atoms with van der Waals surface area (Å²) in [5, 5.41) is 3.24. The molecule has 1 N–H and O–H groups in total. The van der Waals surface area contributed by atoms with Crippen LogP contribution in [-0.2, 0) is 6.42 Å². The Morgan fingerprint density at radius 3 is 2.24 bits per heavy atom. The van der Waals surface area contributed by atoms with Crippen LogP contribution in [0.3, 0.4) is 0 Å². The number of nitrogens with zero attached hydrogens (tertiary/aromatic N) is 2. The third kappa shape index (κ3) is 3.08. The third-order valence-corrected chi connectivity index (χ3v) is 3.32. The summed E-state index contributed by atoms with van der Waals surface area (Å²) in [5.41, 5.74) is 4.25. The quantitative estimate of drug-likeness (QED) is 0.764. The molecule has 0 aliphatic heterocycles. The van der Waals surface area contributed by atoms with E-state index in [9.17, 15) is 0 Å². The van der Waals surface area contributed by atoms with Crippen LogP contribution in [0.1, 0.15) is 12.5 Å². The topological polar surface area (TPSA) is 37.8 Å². The van der Waals surface area contributed by atoms with Crippen molar-refractivity contribution < 1.29 is 0 Å². The predicted molar refractivity (Wildman–Crippen MR) is 86.6 cm³/mol. The maximum atomic E-state index is 4.69. The van der Waals surface area contributed by atoms with Crippen molar-refractivity contribution >= 4 is 11.6 Å². The van der Waals surface area contributed by atoms with Gasteiger partial charge in [-0.2, -0.15) is 0 Å². The minimum atomic E-state index is 0.622. The van der Waals surface area contributed by atoms with Gasteiger partial charge in [0.25, 0.3) is 0 Å². The fourth-order valence-electron chi connectivity index (χ4n) is 2.22. The van der Waals surface area contributed by atoms with Crippen molar-refractivity contribution in [3.63, 3.8) is 0 Å². The van der Waals surface area contributed by atoms with Crippen molar-refractivity contribution in [1.29, 1.82) is 0 Å². The number of aromatic nitrogens is 2. The lowest BCUT2D eigenvalue weighted by molar-refractivity contribution is 1.05. The summed E-state index contributed by atoms with van der Waals surface area (Å²) >= 11 is 0. The maximum Gasteiger partial charge on any atom is 0.227 e. The first-order valence-electron chi connectivity index (χ1n) is 7.10. The van der Waals surface area contributed by atoms with Crippen molar-refractivity contribution in [1.82, 2.24) is 9.97 Å². The molecule has 1 heterocycles. The van der Waals surface area contributed by atoms with Crippen LogP contribution < -0.4 is 5.32 Å². The average molecular weight is 275 g/mol. The molecule has 3 aromatic rings. The van der Waals surface area contributed by atoms with Crippen LogP contribution in [0.2, 0.25) is 0 Å². The average Bonchev–Trinajstić information content (AvgIpc) is 2.56. The molecular weight excluding hydrogens is 258 g/mol. The Balaban J connectivity index is 1.97. The third-order valence-electron chi connectivity index (χ3n) is 3.32. The van der Waals surface area contributed by atoms with Gasteiger partial charge in [0.05, 0.1) is 5.69 Å². The van der Waals surface area contributed by atoms with Gasteiger partial charge in [-0.1, -0.05) is 55.5 Å². The van der Waals surface area contributed by atoms with E-state index in [-0.39, 0.29) is 0 Å². The normalized spacial score (nSPS) is 10.3. The number of nitrogens with one attached hydrogen (secondary N) is 1.